The van der Waals surface area contributed by atoms with Crippen LogP contribution in [-0.4, -0.2) is 25.0 Å². The van der Waals surface area contributed by atoms with Crippen molar-refractivity contribution in [3.63, 3.8) is 0 Å². The second-order valence-corrected chi connectivity index (χ2v) is 6.17. The number of nitrogens with two attached hydrogens (primary N) is 1. The molecule has 1 aromatic rings. The molecule has 0 fully saturated rings. The zero-order valence-corrected chi connectivity index (χ0v) is 12.9. The van der Waals surface area contributed by atoms with Gasteiger partial charge in [-0.05, 0) is 31.5 Å². The van der Waals surface area contributed by atoms with E-state index >= 15 is 0 Å². The monoisotopic (exact) mass is 314 g/mol. The van der Waals surface area contributed by atoms with Crippen LogP contribution in [-0.2, 0) is 29.4 Å². The Balaban J connectivity index is 2.75. The van der Waals surface area contributed by atoms with Crippen molar-refractivity contribution in [2.75, 3.05) is 18.5 Å². The van der Waals surface area contributed by atoms with Crippen molar-refractivity contribution in [1.29, 1.82) is 0 Å². The Morgan fingerprint density at radius 3 is 2.10 bits per heavy atom. The van der Waals surface area contributed by atoms with Gasteiger partial charge in [-0.2, -0.15) is 0 Å². The SMILES string of the molecule is CCOP(=O)(Cc1ccc(NC(=O)C(N)=O)cc1)OCC. The van der Waals surface area contributed by atoms with Gasteiger partial charge < -0.3 is 20.1 Å². The minimum Gasteiger partial charge on any atom is -0.361 e. The minimum absolute atomic E-state index is 0.138. The van der Waals surface area contributed by atoms with Crippen LogP contribution in [0.2, 0.25) is 0 Å². The van der Waals surface area contributed by atoms with E-state index in [1.54, 1.807) is 38.1 Å². The van der Waals surface area contributed by atoms with Crippen LogP contribution in [0.25, 0.3) is 0 Å². The van der Waals surface area contributed by atoms with Gasteiger partial charge >= 0.3 is 19.4 Å². The van der Waals surface area contributed by atoms with Crippen LogP contribution in [0.4, 0.5) is 5.69 Å². The lowest BCUT2D eigenvalue weighted by molar-refractivity contribution is -0.134. The van der Waals surface area contributed by atoms with E-state index in [0.29, 0.717) is 18.9 Å². The molecular formula is C13H19N2O5P. The van der Waals surface area contributed by atoms with E-state index < -0.39 is 19.4 Å². The summed E-state index contributed by atoms with van der Waals surface area (Å²) >= 11 is 0. The van der Waals surface area contributed by atoms with Crippen LogP contribution < -0.4 is 11.1 Å². The number of carbonyl (C=O) groups excluding carboxylic acids is 2. The van der Waals surface area contributed by atoms with Gasteiger partial charge in [-0.15, -0.1) is 0 Å². The molecular weight excluding hydrogens is 295 g/mol. The average molecular weight is 314 g/mol. The van der Waals surface area contributed by atoms with Gasteiger partial charge in [0.05, 0.1) is 19.4 Å². The van der Waals surface area contributed by atoms with Gasteiger partial charge in [0.2, 0.25) is 0 Å². The van der Waals surface area contributed by atoms with Crippen molar-refractivity contribution in [1.82, 2.24) is 0 Å². The van der Waals surface area contributed by atoms with Crippen LogP contribution in [0.15, 0.2) is 24.3 Å². The maximum Gasteiger partial charge on any atom is 0.335 e. The largest absolute Gasteiger partial charge is 0.361 e. The van der Waals surface area contributed by atoms with Crippen LogP contribution in [0, 0.1) is 0 Å². The molecule has 0 saturated carbocycles. The average Bonchev–Trinajstić information content (AvgIpc) is 2.41. The van der Waals surface area contributed by atoms with Crippen molar-refractivity contribution in [2.45, 2.75) is 20.0 Å². The molecule has 0 unspecified atom stereocenters. The number of hydrogen-bond acceptors (Lipinski definition) is 5. The molecule has 0 aliphatic heterocycles. The Bertz CT molecular complexity index is 534. The van der Waals surface area contributed by atoms with E-state index in [4.69, 9.17) is 14.8 Å². The smallest absolute Gasteiger partial charge is 0.335 e. The minimum atomic E-state index is -3.16. The Labute approximate surface area is 123 Å². The normalized spacial score (nSPS) is 11.1. The van der Waals surface area contributed by atoms with Crippen molar-refractivity contribution in [3.8, 4) is 0 Å². The Morgan fingerprint density at radius 2 is 1.67 bits per heavy atom. The van der Waals surface area contributed by atoms with E-state index in [1.807, 2.05) is 0 Å². The van der Waals surface area contributed by atoms with Gasteiger partial charge in [0.25, 0.3) is 0 Å². The number of rotatable bonds is 7. The highest BCUT2D eigenvalue weighted by molar-refractivity contribution is 7.53. The standard InChI is InChI=1S/C13H19N2O5P/c1-3-19-21(18,20-4-2)9-10-5-7-11(8-6-10)15-13(17)12(14)16/h5-8H,3-4,9H2,1-2H3,(H2,14,16)(H,15,17). The summed E-state index contributed by atoms with van der Waals surface area (Å²) in [7, 11) is -3.16. The second-order valence-electron chi connectivity index (χ2n) is 4.12. The molecule has 8 heteroatoms. The molecule has 3 N–H and O–H groups in total. The Kier molecular flexibility index (Phi) is 6.55. The van der Waals surface area contributed by atoms with Gasteiger partial charge in [-0.1, -0.05) is 12.1 Å². The molecule has 0 bridgehead atoms. The Hall–Kier alpha value is -1.69. The lowest BCUT2D eigenvalue weighted by Gasteiger charge is -2.17. The van der Waals surface area contributed by atoms with Gasteiger partial charge in [-0.25, -0.2) is 0 Å². The van der Waals surface area contributed by atoms with E-state index in [1.165, 1.54) is 0 Å². The van der Waals surface area contributed by atoms with Crippen LogP contribution >= 0.6 is 7.60 Å². The predicted octanol–water partition coefficient (Wildman–Crippen LogP) is 1.88. The number of benzene rings is 1. The first kappa shape index (κ1) is 17.4. The van der Waals surface area contributed by atoms with E-state index in [0.717, 1.165) is 5.56 Å². The highest BCUT2D eigenvalue weighted by atomic mass is 31.2. The third-order valence-corrected chi connectivity index (χ3v) is 4.52. The summed E-state index contributed by atoms with van der Waals surface area (Å²) in [5.41, 5.74) is 6.00. The quantitative estimate of drug-likeness (QED) is 0.590. The zero-order chi connectivity index (χ0) is 15.9. The maximum absolute atomic E-state index is 12.4. The molecule has 116 valence electrons. The summed E-state index contributed by atoms with van der Waals surface area (Å²) in [4.78, 5) is 21.8. The third-order valence-electron chi connectivity index (χ3n) is 2.46. The summed E-state index contributed by atoms with van der Waals surface area (Å²) < 4.78 is 22.8. The molecule has 0 aromatic heterocycles. The summed E-state index contributed by atoms with van der Waals surface area (Å²) in [5.74, 6) is -1.95. The topological polar surface area (TPSA) is 108 Å². The molecule has 0 radical (unpaired) electrons. The van der Waals surface area contributed by atoms with E-state index in [9.17, 15) is 14.2 Å². The summed E-state index contributed by atoms with van der Waals surface area (Å²) in [5, 5.41) is 2.34. The number of amides is 2. The maximum atomic E-state index is 12.4. The van der Waals surface area contributed by atoms with Crippen molar-refractivity contribution < 1.29 is 23.2 Å². The summed E-state index contributed by atoms with van der Waals surface area (Å²) in [6.07, 6.45) is 0.138. The fourth-order valence-electron chi connectivity index (χ4n) is 1.63. The molecule has 0 atom stereocenters. The lowest BCUT2D eigenvalue weighted by atomic mass is 10.2. The zero-order valence-electron chi connectivity index (χ0n) is 12.0. The predicted molar refractivity (Wildman–Crippen MR) is 78.8 cm³/mol. The molecule has 0 aliphatic rings. The number of hydrogen-bond donors (Lipinski definition) is 2. The molecule has 0 saturated heterocycles. The molecule has 1 aromatic carbocycles. The van der Waals surface area contributed by atoms with E-state index in [2.05, 4.69) is 5.32 Å². The number of anilines is 1. The summed E-state index contributed by atoms with van der Waals surface area (Å²) in [6.45, 7) is 4.08. The molecule has 21 heavy (non-hydrogen) atoms. The third kappa shape index (κ3) is 5.67. The Morgan fingerprint density at radius 1 is 1.14 bits per heavy atom. The second kappa shape index (κ2) is 7.93. The summed E-state index contributed by atoms with van der Waals surface area (Å²) in [6, 6.07) is 6.50. The van der Waals surface area contributed by atoms with Gasteiger partial charge in [0.15, 0.2) is 0 Å². The van der Waals surface area contributed by atoms with Crippen molar-refractivity contribution >= 4 is 25.1 Å². The molecule has 7 nitrogen and oxygen atoms in total. The molecule has 0 aliphatic carbocycles. The first-order valence-electron chi connectivity index (χ1n) is 6.48. The van der Waals surface area contributed by atoms with Crippen molar-refractivity contribution in [2.24, 2.45) is 5.73 Å². The van der Waals surface area contributed by atoms with Gasteiger partial charge in [0.1, 0.15) is 0 Å². The fraction of sp³-hybridized carbons (Fsp3) is 0.385. The fourth-order valence-corrected chi connectivity index (χ4v) is 3.33. The van der Waals surface area contributed by atoms with Gasteiger partial charge in [-0.3, -0.25) is 14.2 Å². The highest BCUT2D eigenvalue weighted by Crippen LogP contribution is 2.51. The van der Waals surface area contributed by atoms with Crippen LogP contribution in [0.1, 0.15) is 19.4 Å². The number of primary amides is 1. The van der Waals surface area contributed by atoms with Crippen LogP contribution in [0.3, 0.4) is 0 Å². The highest BCUT2D eigenvalue weighted by Gasteiger charge is 2.23. The van der Waals surface area contributed by atoms with Crippen molar-refractivity contribution in [3.05, 3.63) is 29.8 Å². The first-order valence-corrected chi connectivity index (χ1v) is 8.21. The molecule has 0 spiro atoms. The first-order chi connectivity index (χ1) is 9.90. The molecule has 0 heterocycles. The number of nitrogens with one attached hydrogen (secondary N) is 1. The molecule has 2 amide bonds. The molecule has 1 rings (SSSR count). The number of carbonyl (C=O) groups is 2. The lowest BCUT2D eigenvalue weighted by Crippen LogP contribution is -2.29. The van der Waals surface area contributed by atoms with Gasteiger partial charge in [0, 0.05) is 5.69 Å². The van der Waals surface area contributed by atoms with Crippen LogP contribution in [0.5, 0.6) is 0 Å². The van der Waals surface area contributed by atoms with E-state index in [-0.39, 0.29) is 6.16 Å².